The number of rotatable bonds is 7. The molecule has 1 amide bonds. The average Bonchev–Trinajstić information content (AvgIpc) is 2.20. The lowest BCUT2D eigenvalue weighted by atomic mass is 10.1. The van der Waals surface area contributed by atoms with Crippen LogP contribution in [0.15, 0.2) is 0 Å². The van der Waals surface area contributed by atoms with Crippen molar-refractivity contribution >= 4 is 18.2 Å². The SMILES string of the molecule is N=C(N)NCCCC(N)C(=O)NCC=O. The molecule has 1 atom stereocenters. The maximum Gasteiger partial charge on any atom is 0.237 e. The smallest absolute Gasteiger partial charge is 0.237 e. The fraction of sp³-hybridized carbons (Fsp3) is 0.625. The van der Waals surface area contributed by atoms with Gasteiger partial charge in [0, 0.05) is 6.54 Å². The Balaban J connectivity index is 3.54. The molecule has 0 spiro atoms. The molecule has 0 saturated carbocycles. The second-order valence-corrected chi connectivity index (χ2v) is 3.00. The second kappa shape index (κ2) is 7.74. The Morgan fingerprint density at radius 3 is 2.67 bits per heavy atom. The molecule has 0 aromatic carbocycles. The minimum Gasteiger partial charge on any atom is -0.370 e. The van der Waals surface area contributed by atoms with E-state index >= 15 is 0 Å². The maximum atomic E-state index is 11.1. The third kappa shape index (κ3) is 7.44. The van der Waals surface area contributed by atoms with E-state index in [9.17, 15) is 9.59 Å². The third-order valence-corrected chi connectivity index (χ3v) is 1.70. The minimum absolute atomic E-state index is 0.0156. The quantitative estimate of drug-likeness (QED) is 0.143. The summed E-state index contributed by atoms with van der Waals surface area (Å²) in [4.78, 5) is 21.1. The first kappa shape index (κ1) is 13.4. The number of hydrogen-bond donors (Lipinski definition) is 5. The molecule has 0 aliphatic rings. The van der Waals surface area contributed by atoms with Crippen LogP contribution in [0, 0.1) is 5.41 Å². The van der Waals surface area contributed by atoms with E-state index in [1.807, 2.05) is 0 Å². The van der Waals surface area contributed by atoms with Gasteiger partial charge in [0.05, 0.1) is 12.6 Å². The van der Waals surface area contributed by atoms with Crippen molar-refractivity contribution in [3.63, 3.8) is 0 Å². The first-order valence-corrected chi connectivity index (χ1v) is 4.62. The lowest BCUT2D eigenvalue weighted by Crippen LogP contribution is -2.41. The number of amides is 1. The predicted molar refractivity (Wildman–Crippen MR) is 56.2 cm³/mol. The highest BCUT2D eigenvalue weighted by Crippen LogP contribution is 1.92. The summed E-state index contributed by atoms with van der Waals surface area (Å²) in [5, 5.41) is 11.8. The topological polar surface area (TPSA) is 134 Å². The van der Waals surface area contributed by atoms with Crippen LogP contribution in [-0.2, 0) is 9.59 Å². The van der Waals surface area contributed by atoms with Crippen molar-refractivity contribution in [1.82, 2.24) is 10.6 Å². The summed E-state index contributed by atoms with van der Waals surface area (Å²) in [5.41, 5.74) is 10.6. The zero-order valence-corrected chi connectivity index (χ0v) is 8.45. The van der Waals surface area contributed by atoms with E-state index in [0.717, 1.165) is 0 Å². The van der Waals surface area contributed by atoms with Gasteiger partial charge in [0.2, 0.25) is 5.91 Å². The Hall–Kier alpha value is -1.63. The van der Waals surface area contributed by atoms with Gasteiger partial charge in [0.1, 0.15) is 6.29 Å². The van der Waals surface area contributed by atoms with Gasteiger partial charge in [0.15, 0.2) is 5.96 Å². The molecule has 0 aliphatic carbocycles. The molecular weight excluding hydrogens is 198 g/mol. The summed E-state index contributed by atoms with van der Waals surface area (Å²) >= 11 is 0. The molecule has 7 N–H and O–H groups in total. The molecule has 1 unspecified atom stereocenters. The molecule has 0 aromatic rings. The lowest BCUT2D eigenvalue weighted by molar-refractivity contribution is -0.123. The zero-order valence-electron chi connectivity index (χ0n) is 8.45. The number of nitrogens with one attached hydrogen (secondary N) is 3. The van der Waals surface area contributed by atoms with Gasteiger partial charge in [-0.15, -0.1) is 0 Å². The fourth-order valence-corrected chi connectivity index (χ4v) is 0.949. The van der Waals surface area contributed by atoms with Crippen LogP contribution in [-0.4, -0.2) is 37.3 Å². The van der Waals surface area contributed by atoms with Crippen molar-refractivity contribution < 1.29 is 9.59 Å². The molecule has 86 valence electrons. The van der Waals surface area contributed by atoms with E-state index in [1.165, 1.54) is 0 Å². The maximum absolute atomic E-state index is 11.1. The highest BCUT2D eigenvalue weighted by atomic mass is 16.2. The second-order valence-electron chi connectivity index (χ2n) is 3.00. The van der Waals surface area contributed by atoms with Gasteiger partial charge in [-0.05, 0) is 12.8 Å². The Morgan fingerprint density at radius 1 is 1.47 bits per heavy atom. The van der Waals surface area contributed by atoms with Crippen LogP contribution >= 0.6 is 0 Å². The molecular formula is C8H17N5O2. The van der Waals surface area contributed by atoms with Gasteiger partial charge < -0.3 is 26.9 Å². The van der Waals surface area contributed by atoms with Gasteiger partial charge in [-0.25, -0.2) is 0 Å². The zero-order chi connectivity index (χ0) is 11.7. The van der Waals surface area contributed by atoms with Crippen LogP contribution in [0.2, 0.25) is 0 Å². The summed E-state index contributed by atoms with van der Waals surface area (Å²) in [5.74, 6) is -0.445. The number of carbonyl (C=O) groups is 2. The predicted octanol–water partition coefficient (Wildman–Crippen LogP) is -2.11. The van der Waals surface area contributed by atoms with E-state index in [2.05, 4.69) is 10.6 Å². The largest absolute Gasteiger partial charge is 0.370 e. The van der Waals surface area contributed by atoms with E-state index in [1.54, 1.807) is 0 Å². The molecule has 0 bridgehead atoms. The molecule has 0 aromatic heterocycles. The van der Waals surface area contributed by atoms with Gasteiger partial charge >= 0.3 is 0 Å². The fourth-order valence-electron chi connectivity index (χ4n) is 0.949. The molecule has 7 heteroatoms. The van der Waals surface area contributed by atoms with Gasteiger partial charge in [-0.1, -0.05) is 0 Å². The highest BCUT2D eigenvalue weighted by Gasteiger charge is 2.11. The summed E-state index contributed by atoms with van der Waals surface area (Å²) < 4.78 is 0. The molecule has 0 aliphatic heterocycles. The molecule has 0 rings (SSSR count). The van der Waals surface area contributed by atoms with Crippen molar-refractivity contribution in [2.75, 3.05) is 13.1 Å². The molecule has 0 heterocycles. The van der Waals surface area contributed by atoms with Crippen molar-refractivity contribution in [2.45, 2.75) is 18.9 Å². The van der Waals surface area contributed by atoms with Crippen LogP contribution in [0.1, 0.15) is 12.8 Å². The Morgan fingerprint density at radius 2 is 2.13 bits per heavy atom. The van der Waals surface area contributed by atoms with Gasteiger partial charge in [-0.3, -0.25) is 10.2 Å². The standard InChI is InChI=1S/C8H17N5O2/c9-6(7(15)12-4-5-14)2-1-3-13-8(10)11/h5-6H,1-4,9H2,(H,12,15)(H4,10,11,13). The van der Waals surface area contributed by atoms with Gasteiger partial charge in [0.25, 0.3) is 0 Å². The van der Waals surface area contributed by atoms with Crippen LogP contribution in [0.4, 0.5) is 0 Å². The summed E-state index contributed by atoms with van der Waals surface area (Å²) in [7, 11) is 0. The third-order valence-electron chi connectivity index (χ3n) is 1.70. The first-order valence-electron chi connectivity index (χ1n) is 4.62. The van der Waals surface area contributed by atoms with Crippen LogP contribution in [0.3, 0.4) is 0 Å². The number of guanidine groups is 1. The Bertz CT molecular complexity index is 231. The number of carbonyl (C=O) groups excluding carboxylic acids is 2. The molecule has 0 fully saturated rings. The lowest BCUT2D eigenvalue weighted by Gasteiger charge is -2.10. The highest BCUT2D eigenvalue weighted by molar-refractivity contribution is 5.83. The van der Waals surface area contributed by atoms with E-state index < -0.39 is 6.04 Å². The summed E-state index contributed by atoms with van der Waals surface area (Å²) in [6, 6.07) is -0.626. The van der Waals surface area contributed by atoms with Gasteiger partial charge in [-0.2, -0.15) is 0 Å². The van der Waals surface area contributed by atoms with Crippen molar-refractivity contribution in [1.29, 1.82) is 5.41 Å². The summed E-state index contributed by atoms with van der Waals surface area (Å²) in [6.45, 7) is 0.488. The monoisotopic (exact) mass is 215 g/mol. The van der Waals surface area contributed by atoms with Crippen LogP contribution < -0.4 is 22.1 Å². The molecule has 15 heavy (non-hydrogen) atoms. The van der Waals surface area contributed by atoms with Crippen molar-refractivity contribution in [3.8, 4) is 0 Å². The van der Waals surface area contributed by atoms with Crippen molar-refractivity contribution in [3.05, 3.63) is 0 Å². The van der Waals surface area contributed by atoms with Crippen molar-refractivity contribution in [2.24, 2.45) is 11.5 Å². The number of nitrogens with two attached hydrogens (primary N) is 2. The molecule has 0 saturated heterocycles. The number of hydrogen-bond acceptors (Lipinski definition) is 4. The van der Waals surface area contributed by atoms with Crippen LogP contribution in [0.5, 0.6) is 0 Å². The molecule has 7 nitrogen and oxygen atoms in total. The normalized spacial score (nSPS) is 11.5. The first-order chi connectivity index (χ1) is 7.07. The summed E-state index contributed by atoms with van der Waals surface area (Å²) in [6.07, 6.45) is 1.71. The van der Waals surface area contributed by atoms with Crippen LogP contribution in [0.25, 0.3) is 0 Å². The number of aldehydes is 1. The van der Waals surface area contributed by atoms with E-state index in [4.69, 9.17) is 16.9 Å². The van der Waals surface area contributed by atoms with E-state index in [-0.39, 0.29) is 18.4 Å². The van der Waals surface area contributed by atoms with E-state index in [0.29, 0.717) is 25.7 Å². The average molecular weight is 215 g/mol. The Kier molecular flexibility index (Phi) is 6.90. The minimum atomic E-state index is -0.626. The molecule has 0 radical (unpaired) electrons. The Labute approximate surface area is 88.1 Å².